The van der Waals surface area contributed by atoms with Gasteiger partial charge >= 0.3 is 23.6 Å². The molecule has 0 saturated carbocycles. The number of quaternary nitrogens is 7. The van der Waals surface area contributed by atoms with Gasteiger partial charge in [-0.1, -0.05) is 0 Å². The number of hydrogen-bond acceptors (Lipinski definition) is 14. The van der Waals surface area contributed by atoms with Crippen molar-refractivity contribution < 1.29 is 67.3 Å². The topological polar surface area (TPSA) is 536 Å². The van der Waals surface area contributed by atoms with E-state index in [1.54, 1.807) is 0 Å². The van der Waals surface area contributed by atoms with Crippen molar-refractivity contribution in [3.63, 3.8) is 0 Å². The molecule has 0 aliphatic rings. The van der Waals surface area contributed by atoms with E-state index in [0.29, 0.717) is 0 Å². The molecule has 0 atom stereocenters. The van der Waals surface area contributed by atoms with Crippen LogP contribution in [0.5, 0.6) is 0 Å². The van der Waals surface area contributed by atoms with Gasteiger partial charge < -0.3 is 102 Å². The minimum absolute atomic E-state index is 0. The van der Waals surface area contributed by atoms with Gasteiger partial charge in [-0.3, -0.25) is 0 Å². The second-order valence-electron chi connectivity index (χ2n) is 1.82. The Morgan fingerprint density at radius 3 is 0.429 bits per heavy atom. The van der Waals surface area contributed by atoms with Gasteiger partial charge in [-0.05, 0) is 0 Å². The molecule has 0 heterocycles. The summed E-state index contributed by atoms with van der Waals surface area (Å²) >= 11 is -2.19. The Bertz CT molecular complexity index is 339. The Morgan fingerprint density at radius 1 is 0.393 bits per heavy atom. The van der Waals surface area contributed by atoms with Crippen LogP contribution in [0.25, 0.3) is 0 Å². The first-order chi connectivity index (χ1) is 9.34. The third kappa shape index (κ3) is 141. The maximum atomic E-state index is 8.93. The second-order valence-corrected chi connectivity index (χ2v) is 2.22. The molecule has 0 aromatic rings. The Labute approximate surface area is 162 Å². The summed E-state index contributed by atoms with van der Waals surface area (Å²) in [6.45, 7) is 0. The van der Waals surface area contributed by atoms with Gasteiger partial charge in [-0.15, -0.1) is 0 Å². The van der Waals surface area contributed by atoms with Gasteiger partial charge in [-0.25, -0.2) is 0 Å². The van der Waals surface area contributed by atoms with Crippen molar-refractivity contribution in [1.29, 1.82) is 0 Å². The molecule has 22 heteroatoms. The van der Waals surface area contributed by atoms with E-state index >= 15 is 0 Å². The number of carboxylic acid groups (broad SMARTS) is 6. The van der Waals surface area contributed by atoms with E-state index in [1.165, 1.54) is 0 Å². The average molecular weight is 496 g/mol. The molecule has 0 aliphatic carbocycles. The molecule has 176 valence electrons. The number of aliphatic carboxylic acids is 6. The number of carbonyl (C=O) groups excluding carboxylic acids is 6. The zero-order valence-electron chi connectivity index (χ0n) is 16.3. The fourth-order valence-electron chi connectivity index (χ4n) is 0. The van der Waals surface area contributed by atoms with E-state index in [1.807, 2.05) is 0 Å². The van der Waals surface area contributed by atoms with E-state index in [0.717, 1.165) is 0 Å². The first-order valence-corrected chi connectivity index (χ1v) is 5.65. The summed E-state index contributed by atoms with van der Waals surface area (Å²) in [5, 5.41) is 53.6. The van der Waals surface area contributed by atoms with E-state index < -0.39 is 51.5 Å². The Balaban J connectivity index is -0.0000000144. The zero-order chi connectivity index (χ0) is 18.2. The molecule has 0 radical (unpaired) electrons. The SMILES string of the molecule is O=C([O-])C(=O)[O-].O=C([O-])C(=O)[O-].O=C([O-])C(=O)[O-].[NH4+].[NH4+].[NH4+].[NH4+].[NH4+].[NH4+].[NH4+].[O]=[GeH][O-]. The van der Waals surface area contributed by atoms with E-state index in [4.69, 9.17) is 67.3 Å². The predicted octanol–water partition coefficient (Wildman–Crippen LogP) is -9.86. The van der Waals surface area contributed by atoms with Crippen LogP contribution >= 0.6 is 0 Å². The first-order valence-electron chi connectivity index (χ1n) is 3.67. The molecule has 21 nitrogen and oxygen atoms in total. The van der Waals surface area contributed by atoms with Gasteiger partial charge in [-0.2, -0.15) is 0 Å². The molecule has 0 rings (SSSR count). The van der Waals surface area contributed by atoms with Crippen LogP contribution < -0.4 is 77.8 Å². The summed E-state index contributed by atoms with van der Waals surface area (Å²) in [6, 6.07) is 0. The molecule has 0 spiro atoms. The molecular weight excluding hydrogens is 467 g/mol. The molecule has 0 fully saturated rings. The van der Waals surface area contributed by atoms with Crippen LogP contribution in [0.15, 0.2) is 0 Å². The van der Waals surface area contributed by atoms with Crippen molar-refractivity contribution in [2.24, 2.45) is 0 Å². The normalized spacial score (nSPS) is 5.14. The van der Waals surface area contributed by atoms with Crippen molar-refractivity contribution in [2.45, 2.75) is 0 Å². The van der Waals surface area contributed by atoms with Crippen molar-refractivity contribution in [2.75, 3.05) is 0 Å². The second kappa shape index (κ2) is 49.5. The summed E-state index contributed by atoms with van der Waals surface area (Å²) in [5.74, 6) is -13.1. The van der Waals surface area contributed by atoms with Crippen molar-refractivity contribution in [1.82, 2.24) is 43.1 Å². The fraction of sp³-hybridized carbons (Fsp3) is 0. The molecule has 0 amide bonds. The monoisotopic (exact) mass is 497 g/mol. The van der Waals surface area contributed by atoms with Crippen LogP contribution in [0.2, 0.25) is 0 Å². The average Bonchev–Trinajstić information content (AvgIpc) is 2.30. The minimum atomic E-state index is -2.19. The molecule has 28 N–H and O–H groups in total. The molecule has 0 unspecified atom stereocenters. The molecule has 0 saturated heterocycles. The van der Waals surface area contributed by atoms with Crippen LogP contribution in [-0.4, -0.2) is 51.5 Å². The molecule has 0 aliphatic heterocycles. The van der Waals surface area contributed by atoms with Gasteiger partial charge in [0.2, 0.25) is 0 Å². The van der Waals surface area contributed by atoms with Gasteiger partial charge in [0.25, 0.3) is 0 Å². The molecule has 28 heavy (non-hydrogen) atoms. The number of rotatable bonds is 0. The predicted molar refractivity (Wildman–Crippen MR) is 79.8 cm³/mol. The Kier molecular flexibility index (Phi) is 131. The molecule has 0 aromatic carbocycles. The number of carboxylic acids is 6. The van der Waals surface area contributed by atoms with E-state index in [2.05, 4.69) is 0 Å². The third-order valence-corrected chi connectivity index (χ3v) is 0.500. The fourth-order valence-corrected chi connectivity index (χ4v) is 0. The Morgan fingerprint density at radius 2 is 0.429 bits per heavy atom. The quantitative estimate of drug-likeness (QED) is 0.121. The van der Waals surface area contributed by atoms with E-state index in [-0.39, 0.29) is 43.1 Å². The number of hydrogen-bond donors (Lipinski definition) is 7. The summed E-state index contributed by atoms with van der Waals surface area (Å²) in [5.41, 5.74) is 0. The van der Waals surface area contributed by atoms with Gasteiger partial charge in [0, 0.05) is 0 Å². The van der Waals surface area contributed by atoms with Crippen LogP contribution in [0.3, 0.4) is 0 Å². The summed E-state index contributed by atoms with van der Waals surface area (Å²) in [4.78, 5) is 53.6. The van der Waals surface area contributed by atoms with Crippen LogP contribution in [0, 0.1) is 0 Å². The van der Waals surface area contributed by atoms with Gasteiger partial charge in [0.1, 0.15) is 0 Å². The standard InChI is InChI=1S/3C2H2O4.GeHO2.7H3N/c3*3-1(4)2(5)6;2-1-3;;;;;;;/h3*(H,3,4)(H,5,6);1H;7*1H3/q;;;-1;;;;;;;/p+1. The maximum absolute atomic E-state index is 8.93. The summed E-state index contributed by atoms with van der Waals surface area (Å²) in [6.07, 6.45) is 0. The van der Waals surface area contributed by atoms with E-state index in [9.17, 15) is 0 Å². The van der Waals surface area contributed by atoms with Crippen LogP contribution in [0.1, 0.15) is 0 Å². The molecule has 0 aromatic heterocycles. The van der Waals surface area contributed by atoms with Crippen molar-refractivity contribution in [3.05, 3.63) is 0 Å². The third-order valence-electron chi connectivity index (χ3n) is 0.500. The van der Waals surface area contributed by atoms with Gasteiger partial charge in [0.05, 0.1) is 35.8 Å². The van der Waals surface area contributed by atoms with Crippen molar-refractivity contribution >= 4 is 51.5 Å². The number of carbonyl (C=O) groups is 6. The van der Waals surface area contributed by atoms with Crippen LogP contribution in [-0.2, 0) is 32.5 Å². The van der Waals surface area contributed by atoms with Crippen LogP contribution in [0.4, 0.5) is 0 Å². The zero-order valence-corrected chi connectivity index (χ0v) is 18.7. The van der Waals surface area contributed by atoms with Crippen molar-refractivity contribution in [3.8, 4) is 0 Å². The summed E-state index contributed by atoms with van der Waals surface area (Å²) in [7, 11) is 0. The molecular formula is C6H29GeN7O14. The van der Waals surface area contributed by atoms with Gasteiger partial charge in [0.15, 0.2) is 0 Å². The summed E-state index contributed by atoms with van der Waals surface area (Å²) < 4.78 is 17.1. The molecule has 0 bridgehead atoms. The first kappa shape index (κ1) is 73.9. The Hall–Kier alpha value is -3.32.